The number of ether oxygens (including phenoxy) is 1. The minimum Gasteiger partial charge on any atom is -0.429 e. The summed E-state index contributed by atoms with van der Waals surface area (Å²) in [6.45, 7) is 2.32. The number of rotatable bonds is 6. The van der Waals surface area contributed by atoms with Gasteiger partial charge in [0.2, 0.25) is 0 Å². The molecule has 0 radical (unpaired) electrons. The molecule has 34 heavy (non-hydrogen) atoms. The standard InChI is InChI=1S/C28H31F5O/c1-18-2-4-19(5-3-18)6-7-20-8-10-21(11-9-20)22-12-13-26(27(31)14-22)28(32,33)34-25-16-23(29)15-24(30)17-25/h6-7,12-21H,2-5,8-11H2,1H3/b7-6+. The van der Waals surface area contributed by atoms with E-state index < -0.39 is 34.9 Å². The molecule has 0 unspecified atom stereocenters. The highest BCUT2D eigenvalue weighted by molar-refractivity contribution is 5.31. The quantitative estimate of drug-likeness (QED) is 0.298. The molecule has 0 amide bonds. The maximum absolute atomic E-state index is 14.7. The molecule has 4 rings (SSSR count). The Kier molecular flexibility index (Phi) is 7.63. The summed E-state index contributed by atoms with van der Waals surface area (Å²) < 4.78 is 74.8. The number of hydrogen-bond acceptors (Lipinski definition) is 1. The van der Waals surface area contributed by atoms with Crippen molar-refractivity contribution in [3.8, 4) is 5.75 Å². The SMILES string of the molecule is CC1CCC(/C=C/C2CCC(c3ccc(C(F)(F)Oc4cc(F)cc(F)c4)c(F)c3)CC2)CC1. The molecule has 2 aromatic carbocycles. The number of hydrogen-bond donors (Lipinski definition) is 0. The average molecular weight is 479 g/mol. The van der Waals surface area contributed by atoms with Gasteiger partial charge in [-0.1, -0.05) is 38.0 Å². The fraction of sp³-hybridized carbons (Fsp3) is 0.500. The Morgan fingerprint density at radius 2 is 1.32 bits per heavy atom. The van der Waals surface area contributed by atoms with Crippen molar-refractivity contribution in [3.63, 3.8) is 0 Å². The molecular weight excluding hydrogens is 447 g/mol. The van der Waals surface area contributed by atoms with Crippen LogP contribution in [-0.4, -0.2) is 0 Å². The van der Waals surface area contributed by atoms with E-state index in [1.165, 1.54) is 31.7 Å². The lowest BCUT2D eigenvalue weighted by Crippen LogP contribution is -2.24. The van der Waals surface area contributed by atoms with Crippen LogP contribution in [-0.2, 0) is 6.11 Å². The number of allylic oxidation sites excluding steroid dienone is 2. The van der Waals surface area contributed by atoms with Gasteiger partial charge >= 0.3 is 6.11 Å². The molecule has 1 nitrogen and oxygen atoms in total. The van der Waals surface area contributed by atoms with Crippen LogP contribution in [0.15, 0.2) is 48.6 Å². The summed E-state index contributed by atoms with van der Waals surface area (Å²) in [7, 11) is 0. The molecule has 184 valence electrons. The van der Waals surface area contributed by atoms with E-state index >= 15 is 0 Å². The molecule has 0 saturated heterocycles. The second-order valence-electron chi connectivity index (χ2n) is 9.98. The maximum Gasteiger partial charge on any atom is 0.429 e. The summed E-state index contributed by atoms with van der Waals surface area (Å²) in [6.07, 6.45) is 9.56. The normalized spacial score (nSPS) is 26.1. The first-order valence-corrected chi connectivity index (χ1v) is 12.2. The Bertz CT molecular complexity index is 982. The highest BCUT2D eigenvalue weighted by Gasteiger charge is 2.38. The summed E-state index contributed by atoms with van der Waals surface area (Å²) in [6, 6.07) is 5.46. The minimum absolute atomic E-state index is 0.121. The van der Waals surface area contributed by atoms with E-state index in [4.69, 9.17) is 0 Å². The van der Waals surface area contributed by atoms with Crippen LogP contribution in [0.25, 0.3) is 0 Å². The van der Waals surface area contributed by atoms with Crippen molar-refractivity contribution in [1.29, 1.82) is 0 Å². The van der Waals surface area contributed by atoms with Gasteiger partial charge < -0.3 is 4.74 Å². The largest absolute Gasteiger partial charge is 0.429 e. The molecule has 2 aliphatic carbocycles. The van der Waals surface area contributed by atoms with Crippen LogP contribution >= 0.6 is 0 Å². The summed E-state index contributed by atoms with van der Waals surface area (Å²) in [4.78, 5) is 0. The zero-order valence-electron chi connectivity index (χ0n) is 19.4. The van der Waals surface area contributed by atoms with Crippen molar-refractivity contribution < 1.29 is 26.7 Å². The molecule has 0 heterocycles. The van der Waals surface area contributed by atoms with Crippen LogP contribution in [0.1, 0.15) is 75.3 Å². The average Bonchev–Trinajstić information content (AvgIpc) is 2.78. The van der Waals surface area contributed by atoms with E-state index in [9.17, 15) is 22.0 Å². The molecule has 2 aliphatic rings. The summed E-state index contributed by atoms with van der Waals surface area (Å²) in [5, 5.41) is 0. The van der Waals surface area contributed by atoms with Crippen molar-refractivity contribution in [1.82, 2.24) is 0 Å². The third-order valence-electron chi connectivity index (χ3n) is 7.35. The number of benzene rings is 2. The van der Waals surface area contributed by atoms with Crippen molar-refractivity contribution in [3.05, 3.63) is 77.1 Å². The lowest BCUT2D eigenvalue weighted by atomic mass is 9.77. The van der Waals surface area contributed by atoms with E-state index in [0.29, 0.717) is 35.6 Å². The van der Waals surface area contributed by atoms with Gasteiger partial charge in [0.15, 0.2) is 0 Å². The third-order valence-corrected chi connectivity index (χ3v) is 7.35. The fourth-order valence-corrected chi connectivity index (χ4v) is 5.25. The van der Waals surface area contributed by atoms with Crippen LogP contribution in [0.5, 0.6) is 5.75 Å². The van der Waals surface area contributed by atoms with Crippen LogP contribution in [0, 0.1) is 35.2 Å². The predicted octanol–water partition coefficient (Wildman–Crippen LogP) is 8.89. The molecule has 0 spiro atoms. The zero-order valence-corrected chi connectivity index (χ0v) is 19.4. The van der Waals surface area contributed by atoms with Crippen LogP contribution in [0.2, 0.25) is 0 Å². The number of alkyl halides is 2. The summed E-state index contributed by atoms with van der Waals surface area (Å²) in [5.41, 5.74) is -0.267. The van der Waals surface area contributed by atoms with E-state index in [1.807, 2.05) is 0 Å². The highest BCUT2D eigenvalue weighted by Crippen LogP contribution is 2.40. The van der Waals surface area contributed by atoms with E-state index in [1.54, 1.807) is 0 Å². The lowest BCUT2D eigenvalue weighted by molar-refractivity contribution is -0.187. The first-order valence-electron chi connectivity index (χ1n) is 12.2. The molecule has 0 bridgehead atoms. The second-order valence-corrected chi connectivity index (χ2v) is 9.98. The van der Waals surface area contributed by atoms with Gasteiger partial charge in [-0.3, -0.25) is 0 Å². The molecule has 2 saturated carbocycles. The van der Waals surface area contributed by atoms with Gasteiger partial charge in [0.1, 0.15) is 23.2 Å². The topological polar surface area (TPSA) is 9.23 Å². The lowest BCUT2D eigenvalue weighted by Gasteiger charge is -2.28. The zero-order chi connectivity index (χ0) is 24.3. The van der Waals surface area contributed by atoms with Gasteiger partial charge in [-0.2, -0.15) is 8.78 Å². The molecule has 0 N–H and O–H groups in total. The maximum atomic E-state index is 14.7. The molecule has 0 aromatic heterocycles. The highest BCUT2D eigenvalue weighted by atomic mass is 19.3. The molecule has 6 heteroatoms. The van der Waals surface area contributed by atoms with Crippen molar-refractivity contribution in [2.75, 3.05) is 0 Å². The van der Waals surface area contributed by atoms with E-state index in [2.05, 4.69) is 23.8 Å². The van der Waals surface area contributed by atoms with Crippen LogP contribution in [0.4, 0.5) is 22.0 Å². The van der Waals surface area contributed by atoms with Gasteiger partial charge in [0, 0.05) is 18.2 Å². The van der Waals surface area contributed by atoms with Gasteiger partial charge in [0.25, 0.3) is 0 Å². The fourth-order valence-electron chi connectivity index (χ4n) is 5.25. The van der Waals surface area contributed by atoms with Crippen molar-refractivity contribution >= 4 is 0 Å². The Balaban J connectivity index is 1.36. The van der Waals surface area contributed by atoms with E-state index in [-0.39, 0.29) is 5.92 Å². The summed E-state index contributed by atoms with van der Waals surface area (Å²) >= 11 is 0. The van der Waals surface area contributed by atoms with Gasteiger partial charge in [-0.05, 0) is 79.9 Å². The Morgan fingerprint density at radius 1 is 0.765 bits per heavy atom. The van der Waals surface area contributed by atoms with E-state index in [0.717, 1.165) is 43.7 Å². The van der Waals surface area contributed by atoms with Crippen LogP contribution in [0.3, 0.4) is 0 Å². The van der Waals surface area contributed by atoms with Gasteiger partial charge in [-0.15, -0.1) is 0 Å². The Morgan fingerprint density at radius 3 is 1.88 bits per heavy atom. The first-order chi connectivity index (χ1) is 16.2. The Labute approximate surface area is 198 Å². The van der Waals surface area contributed by atoms with Gasteiger partial charge in [-0.25, -0.2) is 13.2 Å². The smallest absolute Gasteiger partial charge is 0.429 e. The molecule has 0 atom stereocenters. The molecule has 0 aliphatic heterocycles. The van der Waals surface area contributed by atoms with Crippen LogP contribution < -0.4 is 4.74 Å². The van der Waals surface area contributed by atoms with Gasteiger partial charge in [0.05, 0.1) is 5.56 Å². The molecular formula is C28H31F5O. The van der Waals surface area contributed by atoms with Crippen molar-refractivity contribution in [2.45, 2.75) is 70.3 Å². The number of halogens is 5. The monoisotopic (exact) mass is 478 g/mol. The second kappa shape index (κ2) is 10.5. The molecule has 2 fully saturated rings. The minimum atomic E-state index is -4.07. The summed E-state index contributed by atoms with van der Waals surface area (Å²) in [5.74, 6) is -1.75. The van der Waals surface area contributed by atoms with Crippen molar-refractivity contribution in [2.24, 2.45) is 17.8 Å². The first kappa shape index (κ1) is 24.7. The predicted molar refractivity (Wildman–Crippen MR) is 122 cm³/mol. The Hall–Kier alpha value is -2.37. The third kappa shape index (κ3) is 6.19. The molecule has 2 aromatic rings.